The molecule has 0 spiro atoms. The van der Waals surface area contributed by atoms with E-state index in [0.717, 1.165) is 19.3 Å². The maximum absolute atomic E-state index is 11.8. The second kappa shape index (κ2) is 5.27. The van der Waals surface area contributed by atoms with Crippen LogP contribution in [0, 0.1) is 5.92 Å². The van der Waals surface area contributed by atoms with Crippen molar-refractivity contribution >= 4 is 10.0 Å². The van der Waals surface area contributed by atoms with Crippen molar-refractivity contribution in [3.05, 3.63) is 0 Å². The van der Waals surface area contributed by atoms with Crippen LogP contribution >= 0.6 is 0 Å². The van der Waals surface area contributed by atoms with Crippen molar-refractivity contribution in [1.29, 1.82) is 0 Å². The van der Waals surface area contributed by atoms with Gasteiger partial charge in [-0.3, -0.25) is 0 Å². The fourth-order valence-electron chi connectivity index (χ4n) is 2.23. The Morgan fingerprint density at radius 3 is 2.53 bits per heavy atom. The molecule has 1 rings (SSSR count). The predicted molar refractivity (Wildman–Crippen MR) is 62.0 cm³/mol. The van der Waals surface area contributed by atoms with E-state index in [9.17, 15) is 8.42 Å². The molecule has 1 fully saturated rings. The molecule has 1 aliphatic rings. The van der Waals surface area contributed by atoms with Crippen LogP contribution in [0.15, 0.2) is 0 Å². The minimum atomic E-state index is -3.06. The third-order valence-electron chi connectivity index (χ3n) is 3.34. The molecule has 4 nitrogen and oxygen atoms in total. The van der Waals surface area contributed by atoms with Gasteiger partial charge in [0.15, 0.2) is 0 Å². The lowest BCUT2D eigenvalue weighted by Crippen LogP contribution is -2.49. The SMILES string of the molecule is CCC1CCN(S(=O)(=O)CC)C(CN)C1. The van der Waals surface area contributed by atoms with E-state index in [1.807, 2.05) is 0 Å². The molecule has 15 heavy (non-hydrogen) atoms. The van der Waals surface area contributed by atoms with E-state index in [1.165, 1.54) is 0 Å². The summed E-state index contributed by atoms with van der Waals surface area (Å²) in [5.41, 5.74) is 5.66. The van der Waals surface area contributed by atoms with Gasteiger partial charge >= 0.3 is 0 Å². The van der Waals surface area contributed by atoms with Crippen molar-refractivity contribution in [2.45, 2.75) is 39.2 Å². The topological polar surface area (TPSA) is 63.4 Å². The molecule has 2 N–H and O–H groups in total. The number of hydrogen-bond acceptors (Lipinski definition) is 3. The zero-order chi connectivity index (χ0) is 11.5. The summed E-state index contributed by atoms with van der Waals surface area (Å²) >= 11 is 0. The van der Waals surface area contributed by atoms with Crippen LogP contribution in [-0.4, -0.2) is 37.6 Å². The number of nitrogens with two attached hydrogens (primary N) is 1. The van der Waals surface area contributed by atoms with Gasteiger partial charge in [0.2, 0.25) is 10.0 Å². The Bertz CT molecular complexity index is 290. The highest BCUT2D eigenvalue weighted by Crippen LogP contribution is 2.26. The summed E-state index contributed by atoms with van der Waals surface area (Å²) in [6.45, 7) is 4.93. The summed E-state index contributed by atoms with van der Waals surface area (Å²) in [6.07, 6.45) is 3.02. The summed E-state index contributed by atoms with van der Waals surface area (Å²) in [6, 6.07) is 0.0219. The van der Waals surface area contributed by atoms with E-state index in [-0.39, 0.29) is 11.8 Å². The van der Waals surface area contributed by atoms with Gasteiger partial charge in [0.25, 0.3) is 0 Å². The standard InChI is InChI=1S/C10H22N2O2S/c1-3-9-5-6-12(10(7-9)8-11)15(13,14)4-2/h9-10H,3-8,11H2,1-2H3. The molecular weight excluding hydrogens is 212 g/mol. The normalized spacial score (nSPS) is 29.3. The average molecular weight is 234 g/mol. The molecule has 0 aromatic rings. The van der Waals surface area contributed by atoms with E-state index < -0.39 is 10.0 Å². The number of piperidine rings is 1. The van der Waals surface area contributed by atoms with Crippen molar-refractivity contribution in [2.24, 2.45) is 11.7 Å². The van der Waals surface area contributed by atoms with Crippen LogP contribution in [0.25, 0.3) is 0 Å². The van der Waals surface area contributed by atoms with Gasteiger partial charge in [-0.25, -0.2) is 8.42 Å². The molecule has 0 radical (unpaired) electrons. The van der Waals surface area contributed by atoms with Gasteiger partial charge in [0.1, 0.15) is 0 Å². The van der Waals surface area contributed by atoms with Crippen molar-refractivity contribution in [2.75, 3.05) is 18.8 Å². The van der Waals surface area contributed by atoms with Crippen molar-refractivity contribution in [3.63, 3.8) is 0 Å². The number of nitrogens with zero attached hydrogens (tertiary/aromatic N) is 1. The summed E-state index contributed by atoms with van der Waals surface area (Å²) in [5.74, 6) is 0.821. The summed E-state index contributed by atoms with van der Waals surface area (Å²) in [5, 5.41) is 0. The van der Waals surface area contributed by atoms with Gasteiger partial charge in [-0.05, 0) is 25.7 Å². The van der Waals surface area contributed by atoms with Gasteiger partial charge in [0.05, 0.1) is 5.75 Å². The molecule has 0 aliphatic carbocycles. The lowest BCUT2D eigenvalue weighted by molar-refractivity contribution is 0.198. The largest absolute Gasteiger partial charge is 0.329 e. The Labute approximate surface area is 92.9 Å². The van der Waals surface area contributed by atoms with Crippen LogP contribution in [-0.2, 0) is 10.0 Å². The zero-order valence-corrected chi connectivity index (χ0v) is 10.5. The van der Waals surface area contributed by atoms with Crippen LogP contribution in [0.1, 0.15) is 33.1 Å². The molecule has 0 saturated carbocycles. The second-order valence-electron chi connectivity index (χ2n) is 4.20. The van der Waals surface area contributed by atoms with Crippen molar-refractivity contribution < 1.29 is 8.42 Å². The predicted octanol–water partition coefficient (Wildman–Crippen LogP) is 0.785. The Kier molecular flexibility index (Phi) is 4.55. The zero-order valence-electron chi connectivity index (χ0n) is 9.65. The molecule has 2 atom stereocenters. The van der Waals surface area contributed by atoms with Gasteiger partial charge in [-0.1, -0.05) is 13.3 Å². The van der Waals surface area contributed by atoms with E-state index in [4.69, 9.17) is 5.73 Å². The van der Waals surface area contributed by atoms with Gasteiger partial charge < -0.3 is 5.73 Å². The molecule has 1 aliphatic heterocycles. The van der Waals surface area contributed by atoms with Crippen molar-refractivity contribution in [1.82, 2.24) is 4.31 Å². The molecule has 2 unspecified atom stereocenters. The van der Waals surface area contributed by atoms with Crippen LogP contribution < -0.4 is 5.73 Å². The maximum Gasteiger partial charge on any atom is 0.214 e. The Balaban J connectivity index is 2.75. The minimum absolute atomic E-state index is 0.0219. The minimum Gasteiger partial charge on any atom is -0.329 e. The molecule has 1 heterocycles. The van der Waals surface area contributed by atoms with Gasteiger partial charge in [-0.15, -0.1) is 0 Å². The highest BCUT2D eigenvalue weighted by atomic mass is 32.2. The first kappa shape index (κ1) is 12.9. The highest BCUT2D eigenvalue weighted by Gasteiger charge is 2.33. The van der Waals surface area contributed by atoms with Crippen LogP contribution in [0.2, 0.25) is 0 Å². The van der Waals surface area contributed by atoms with Gasteiger partial charge in [-0.2, -0.15) is 4.31 Å². The summed E-state index contributed by atoms with van der Waals surface area (Å²) in [4.78, 5) is 0. The Morgan fingerprint density at radius 1 is 1.40 bits per heavy atom. The first-order chi connectivity index (χ1) is 7.05. The smallest absolute Gasteiger partial charge is 0.214 e. The molecule has 0 aromatic heterocycles. The van der Waals surface area contributed by atoms with E-state index in [1.54, 1.807) is 11.2 Å². The average Bonchev–Trinajstić information content (AvgIpc) is 2.28. The number of rotatable bonds is 4. The third kappa shape index (κ3) is 2.92. The van der Waals surface area contributed by atoms with Crippen molar-refractivity contribution in [3.8, 4) is 0 Å². The van der Waals surface area contributed by atoms with Crippen LogP contribution in [0.5, 0.6) is 0 Å². The molecule has 0 bridgehead atoms. The first-order valence-corrected chi connectivity index (χ1v) is 7.35. The first-order valence-electron chi connectivity index (χ1n) is 5.74. The van der Waals surface area contributed by atoms with Gasteiger partial charge in [0, 0.05) is 19.1 Å². The third-order valence-corrected chi connectivity index (χ3v) is 5.27. The second-order valence-corrected chi connectivity index (χ2v) is 6.41. The lowest BCUT2D eigenvalue weighted by Gasteiger charge is -2.37. The molecular formula is C10H22N2O2S. The quantitative estimate of drug-likeness (QED) is 0.782. The van der Waals surface area contributed by atoms with E-state index in [0.29, 0.717) is 19.0 Å². The lowest BCUT2D eigenvalue weighted by atomic mass is 9.90. The fourth-order valence-corrected chi connectivity index (χ4v) is 3.57. The Hall–Kier alpha value is -0.130. The monoisotopic (exact) mass is 234 g/mol. The summed E-state index contributed by atoms with van der Waals surface area (Å²) < 4.78 is 25.2. The number of hydrogen-bond donors (Lipinski definition) is 1. The molecule has 0 amide bonds. The molecule has 1 saturated heterocycles. The maximum atomic E-state index is 11.8. The molecule has 5 heteroatoms. The Morgan fingerprint density at radius 2 is 2.07 bits per heavy atom. The molecule has 90 valence electrons. The summed E-state index contributed by atoms with van der Waals surface area (Å²) in [7, 11) is -3.06. The van der Waals surface area contributed by atoms with Crippen LogP contribution in [0.3, 0.4) is 0 Å². The molecule has 0 aromatic carbocycles. The van der Waals surface area contributed by atoms with E-state index in [2.05, 4.69) is 6.92 Å². The highest BCUT2D eigenvalue weighted by molar-refractivity contribution is 7.89. The fraction of sp³-hybridized carbons (Fsp3) is 1.00. The van der Waals surface area contributed by atoms with E-state index >= 15 is 0 Å². The van der Waals surface area contributed by atoms with Crippen LogP contribution in [0.4, 0.5) is 0 Å². The number of sulfonamides is 1.